The lowest BCUT2D eigenvalue weighted by atomic mass is 10.0. The molecule has 3 fully saturated rings. The fourth-order valence-corrected chi connectivity index (χ4v) is 2.10. The van der Waals surface area contributed by atoms with Crippen molar-refractivity contribution < 1.29 is 28.4 Å². The van der Waals surface area contributed by atoms with Gasteiger partial charge in [0.2, 0.25) is 0 Å². The molecule has 0 aromatic rings. The Bertz CT molecular complexity index is 215. The summed E-state index contributed by atoms with van der Waals surface area (Å²) >= 11 is 0. The summed E-state index contributed by atoms with van der Waals surface area (Å²) in [4.78, 5) is 0. The van der Waals surface area contributed by atoms with Crippen LogP contribution in [0.2, 0.25) is 0 Å². The SMILES string of the molecule is C1OC[C@H]2OCO[C@@H]([C@H]3COCO3)[C@H]2O1. The van der Waals surface area contributed by atoms with Crippen LogP contribution >= 0.6 is 0 Å². The highest BCUT2D eigenvalue weighted by molar-refractivity contribution is 4.89. The van der Waals surface area contributed by atoms with Crippen LogP contribution in [0, 0.1) is 0 Å². The predicted octanol–water partition coefficient (Wildman–Crippen LogP) is -0.526. The lowest BCUT2D eigenvalue weighted by Crippen LogP contribution is -2.57. The molecular formula is C9H14O6. The largest absolute Gasteiger partial charge is 0.353 e. The molecule has 0 aromatic heterocycles. The monoisotopic (exact) mass is 218 g/mol. The van der Waals surface area contributed by atoms with E-state index in [1.807, 2.05) is 0 Å². The van der Waals surface area contributed by atoms with Crippen molar-refractivity contribution in [1.82, 2.24) is 0 Å². The van der Waals surface area contributed by atoms with Gasteiger partial charge in [0.1, 0.15) is 44.8 Å². The lowest BCUT2D eigenvalue weighted by Gasteiger charge is -2.41. The highest BCUT2D eigenvalue weighted by Crippen LogP contribution is 2.26. The maximum Gasteiger partial charge on any atom is 0.147 e. The van der Waals surface area contributed by atoms with Crippen LogP contribution in [0.25, 0.3) is 0 Å². The van der Waals surface area contributed by atoms with E-state index in [-0.39, 0.29) is 38.0 Å². The fraction of sp³-hybridized carbons (Fsp3) is 1.00. The molecule has 6 nitrogen and oxygen atoms in total. The van der Waals surface area contributed by atoms with Gasteiger partial charge in [-0.2, -0.15) is 0 Å². The molecule has 3 saturated heterocycles. The minimum absolute atomic E-state index is 0.0540. The summed E-state index contributed by atoms with van der Waals surface area (Å²) in [5.74, 6) is 0. The summed E-state index contributed by atoms with van der Waals surface area (Å²) in [6, 6.07) is 0. The van der Waals surface area contributed by atoms with E-state index in [0.717, 1.165) is 0 Å². The van der Waals surface area contributed by atoms with E-state index in [0.29, 0.717) is 20.0 Å². The topological polar surface area (TPSA) is 55.4 Å². The average Bonchev–Trinajstić information content (AvgIpc) is 2.82. The van der Waals surface area contributed by atoms with E-state index in [1.165, 1.54) is 0 Å². The molecule has 0 spiro atoms. The maximum atomic E-state index is 5.52. The first-order valence-electron chi connectivity index (χ1n) is 5.07. The average molecular weight is 218 g/mol. The molecule has 15 heavy (non-hydrogen) atoms. The summed E-state index contributed by atoms with van der Waals surface area (Å²) < 4.78 is 32.2. The smallest absolute Gasteiger partial charge is 0.147 e. The van der Waals surface area contributed by atoms with Gasteiger partial charge in [-0.25, -0.2) is 0 Å². The summed E-state index contributed by atoms with van der Waals surface area (Å²) in [5.41, 5.74) is 0. The zero-order valence-electron chi connectivity index (χ0n) is 8.29. The van der Waals surface area contributed by atoms with Crippen LogP contribution in [0.15, 0.2) is 0 Å². The maximum absolute atomic E-state index is 5.52. The molecule has 86 valence electrons. The molecule has 0 aromatic carbocycles. The molecule has 0 N–H and O–H groups in total. The van der Waals surface area contributed by atoms with E-state index in [4.69, 9.17) is 28.4 Å². The summed E-state index contributed by atoms with van der Waals surface area (Å²) in [7, 11) is 0. The van der Waals surface area contributed by atoms with Crippen molar-refractivity contribution in [2.24, 2.45) is 0 Å². The van der Waals surface area contributed by atoms with Gasteiger partial charge in [0, 0.05) is 0 Å². The van der Waals surface area contributed by atoms with Crippen LogP contribution in [0.1, 0.15) is 0 Å². The van der Waals surface area contributed by atoms with Gasteiger partial charge in [0.05, 0.1) is 13.2 Å². The highest BCUT2D eigenvalue weighted by Gasteiger charge is 2.44. The number of rotatable bonds is 1. The number of fused-ring (bicyclic) bond motifs is 1. The molecule has 4 atom stereocenters. The Morgan fingerprint density at radius 2 is 1.13 bits per heavy atom. The second-order valence-corrected chi connectivity index (χ2v) is 3.77. The van der Waals surface area contributed by atoms with Gasteiger partial charge in [-0.15, -0.1) is 0 Å². The Morgan fingerprint density at radius 3 is 1.73 bits per heavy atom. The molecule has 3 aliphatic heterocycles. The van der Waals surface area contributed by atoms with Crippen molar-refractivity contribution in [2.45, 2.75) is 24.4 Å². The first kappa shape index (κ1) is 9.95. The van der Waals surface area contributed by atoms with Crippen LogP contribution in [-0.2, 0) is 28.4 Å². The Labute approximate surface area is 87.3 Å². The minimum Gasteiger partial charge on any atom is -0.353 e. The van der Waals surface area contributed by atoms with Crippen LogP contribution in [0.4, 0.5) is 0 Å². The third-order valence-corrected chi connectivity index (χ3v) is 2.87. The van der Waals surface area contributed by atoms with E-state index >= 15 is 0 Å². The van der Waals surface area contributed by atoms with Gasteiger partial charge in [0.25, 0.3) is 0 Å². The summed E-state index contributed by atoms with van der Waals surface area (Å²) in [5, 5.41) is 0. The number of hydrogen-bond donors (Lipinski definition) is 0. The number of ether oxygens (including phenoxy) is 6. The first-order valence-corrected chi connectivity index (χ1v) is 5.07. The molecule has 6 heteroatoms. The van der Waals surface area contributed by atoms with Gasteiger partial charge in [-0.1, -0.05) is 0 Å². The predicted molar refractivity (Wildman–Crippen MR) is 46.0 cm³/mol. The number of hydrogen-bond acceptors (Lipinski definition) is 6. The van der Waals surface area contributed by atoms with Gasteiger partial charge >= 0.3 is 0 Å². The third-order valence-electron chi connectivity index (χ3n) is 2.87. The quantitative estimate of drug-likeness (QED) is 0.590. The van der Waals surface area contributed by atoms with Crippen molar-refractivity contribution in [3.05, 3.63) is 0 Å². The second kappa shape index (κ2) is 4.32. The van der Waals surface area contributed by atoms with Gasteiger partial charge in [-0.05, 0) is 0 Å². The van der Waals surface area contributed by atoms with Crippen LogP contribution in [0.5, 0.6) is 0 Å². The van der Waals surface area contributed by atoms with E-state index in [1.54, 1.807) is 0 Å². The Kier molecular flexibility index (Phi) is 2.87. The first-order chi connectivity index (χ1) is 7.45. The van der Waals surface area contributed by atoms with Gasteiger partial charge in [0.15, 0.2) is 0 Å². The molecule has 3 heterocycles. The van der Waals surface area contributed by atoms with Crippen molar-refractivity contribution in [2.75, 3.05) is 33.6 Å². The molecule has 0 saturated carbocycles. The molecule has 0 aliphatic carbocycles. The van der Waals surface area contributed by atoms with Crippen molar-refractivity contribution in [3.8, 4) is 0 Å². The zero-order valence-corrected chi connectivity index (χ0v) is 8.29. The van der Waals surface area contributed by atoms with Crippen LogP contribution in [-0.4, -0.2) is 58.0 Å². The standard InChI is InChI=1S/C9H14O6/c1-6(12-3-10-1)9-8-7(13-5-15-9)2-11-4-14-8/h6-9H,1-5H2/t6-,7-,8+,9+/m1/s1. The minimum atomic E-state index is -0.116. The van der Waals surface area contributed by atoms with Crippen molar-refractivity contribution in [3.63, 3.8) is 0 Å². The fourth-order valence-electron chi connectivity index (χ4n) is 2.10. The Hall–Kier alpha value is -0.240. The molecule has 0 unspecified atom stereocenters. The summed E-state index contributed by atoms with van der Waals surface area (Å²) in [6.07, 6.45) is -0.337. The lowest BCUT2D eigenvalue weighted by molar-refractivity contribution is -0.312. The molecule has 3 aliphatic rings. The zero-order chi connectivity index (χ0) is 10.1. The molecule has 0 bridgehead atoms. The van der Waals surface area contributed by atoms with Crippen LogP contribution < -0.4 is 0 Å². The van der Waals surface area contributed by atoms with Gasteiger partial charge in [-0.3, -0.25) is 0 Å². The van der Waals surface area contributed by atoms with Crippen molar-refractivity contribution >= 4 is 0 Å². The molecule has 3 rings (SSSR count). The molecule has 0 radical (unpaired) electrons. The summed E-state index contributed by atoms with van der Waals surface area (Å²) in [6.45, 7) is 1.99. The van der Waals surface area contributed by atoms with Crippen LogP contribution in [0.3, 0.4) is 0 Å². The van der Waals surface area contributed by atoms with E-state index in [2.05, 4.69) is 0 Å². The van der Waals surface area contributed by atoms with E-state index in [9.17, 15) is 0 Å². The molecule has 0 amide bonds. The highest BCUT2D eigenvalue weighted by atomic mass is 16.8. The second-order valence-electron chi connectivity index (χ2n) is 3.77. The Morgan fingerprint density at radius 1 is 0.600 bits per heavy atom. The van der Waals surface area contributed by atoms with Gasteiger partial charge < -0.3 is 28.4 Å². The normalized spacial score (nSPS) is 46.4. The Balaban J connectivity index is 1.69. The van der Waals surface area contributed by atoms with Crippen molar-refractivity contribution in [1.29, 1.82) is 0 Å². The molecular weight excluding hydrogens is 204 g/mol. The third kappa shape index (κ3) is 1.89. The van der Waals surface area contributed by atoms with E-state index < -0.39 is 0 Å².